The Bertz CT molecular complexity index is 1030. The molecule has 0 saturated heterocycles. The van der Waals surface area contributed by atoms with Gasteiger partial charge in [0.15, 0.2) is 5.78 Å². The fourth-order valence-corrected chi connectivity index (χ4v) is 4.08. The molecule has 0 unspecified atom stereocenters. The molecule has 27 heavy (non-hydrogen) atoms. The van der Waals surface area contributed by atoms with Gasteiger partial charge in [-0.2, -0.15) is 0 Å². The summed E-state index contributed by atoms with van der Waals surface area (Å²) in [5.41, 5.74) is 7.36. The van der Waals surface area contributed by atoms with Crippen LogP contribution in [0.1, 0.15) is 49.5 Å². The van der Waals surface area contributed by atoms with Crippen LogP contribution < -0.4 is 0 Å². The van der Waals surface area contributed by atoms with Crippen LogP contribution in [0.25, 0.3) is 11.3 Å². The van der Waals surface area contributed by atoms with Crippen LogP contribution in [0.3, 0.4) is 0 Å². The van der Waals surface area contributed by atoms with E-state index in [1.807, 2.05) is 27.7 Å². The molecule has 0 saturated carbocycles. The van der Waals surface area contributed by atoms with Crippen molar-refractivity contribution in [3.63, 3.8) is 0 Å². The third kappa shape index (κ3) is 3.09. The molecule has 0 bridgehead atoms. The Morgan fingerprint density at radius 1 is 0.815 bits per heavy atom. The van der Waals surface area contributed by atoms with Crippen LogP contribution in [0.2, 0.25) is 10.0 Å². The van der Waals surface area contributed by atoms with Crippen molar-refractivity contribution in [1.82, 2.24) is 5.16 Å². The van der Waals surface area contributed by atoms with Crippen molar-refractivity contribution in [2.45, 2.75) is 41.5 Å². The first-order valence-electron chi connectivity index (χ1n) is 8.69. The van der Waals surface area contributed by atoms with Gasteiger partial charge in [-0.25, -0.2) is 0 Å². The highest BCUT2D eigenvalue weighted by molar-refractivity contribution is 6.39. The molecule has 0 aliphatic heterocycles. The average Bonchev–Trinajstić information content (AvgIpc) is 2.99. The molecule has 0 aliphatic carbocycles. The van der Waals surface area contributed by atoms with Crippen molar-refractivity contribution >= 4 is 29.0 Å². The van der Waals surface area contributed by atoms with Gasteiger partial charge in [0.1, 0.15) is 11.5 Å². The number of rotatable bonds is 3. The quantitative estimate of drug-likeness (QED) is 0.456. The van der Waals surface area contributed by atoms with E-state index < -0.39 is 0 Å². The first kappa shape index (κ1) is 19.7. The maximum Gasteiger partial charge on any atom is 0.199 e. The molecule has 0 N–H and O–H groups in total. The molecule has 3 aromatic rings. The van der Waals surface area contributed by atoms with Gasteiger partial charge in [0.05, 0.1) is 15.6 Å². The second-order valence-electron chi connectivity index (χ2n) is 6.89. The number of ketones is 1. The number of carbonyl (C=O) groups is 1. The molecule has 2 aromatic carbocycles. The monoisotopic (exact) mass is 401 g/mol. The number of benzene rings is 2. The van der Waals surface area contributed by atoms with E-state index in [1.54, 1.807) is 25.1 Å². The van der Waals surface area contributed by atoms with Crippen molar-refractivity contribution in [1.29, 1.82) is 0 Å². The van der Waals surface area contributed by atoms with Crippen LogP contribution in [0.4, 0.5) is 0 Å². The van der Waals surface area contributed by atoms with Gasteiger partial charge in [0.25, 0.3) is 0 Å². The van der Waals surface area contributed by atoms with Crippen LogP contribution in [0.15, 0.2) is 22.7 Å². The summed E-state index contributed by atoms with van der Waals surface area (Å²) in [5, 5.41) is 4.96. The fraction of sp³-hybridized carbons (Fsp3) is 0.273. The maximum absolute atomic E-state index is 13.6. The molecule has 3 rings (SSSR count). The standard InChI is InChI=1S/C22H21Cl2NO2/c1-10-11(2)13(4)18(14(5)12(10)3)22(26)19-15(6)27-25-21(19)20-16(23)8-7-9-17(20)24/h7-9H,1-6H3. The molecular formula is C22H21Cl2NO2. The minimum absolute atomic E-state index is 0.124. The van der Waals surface area contributed by atoms with Gasteiger partial charge in [-0.3, -0.25) is 4.79 Å². The largest absolute Gasteiger partial charge is 0.360 e. The van der Waals surface area contributed by atoms with E-state index in [2.05, 4.69) is 12.1 Å². The van der Waals surface area contributed by atoms with E-state index in [0.29, 0.717) is 38.2 Å². The van der Waals surface area contributed by atoms with E-state index >= 15 is 0 Å². The predicted octanol–water partition coefficient (Wildman–Crippen LogP) is 6.73. The lowest BCUT2D eigenvalue weighted by Gasteiger charge is -2.18. The number of aryl methyl sites for hydroxylation is 1. The summed E-state index contributed by atoms with van der Waals surface area (Å²) < 4.78 is 5.38. The second kappa shape index (κ2) is 7.14. The van der Waals surface area contributed by atoms with Crippen molar-refractivity contribution in [3.8, 4) is 11.3 Å². The van der Waals surface area contributed by atoms with E-state index in [-0.39, 0.29) is 5.78 Å². The van der Waals surface area contributed by atoms with E-state index in [1.165, 1.54) is 5.56 Å². The van der Waals surface area contributed by atoms with Crippen molar-refractivity contribution in [3.05, 3.63) is 72.9 Å². The zero-order valence-electron chi connectivity index (χ0n) is 16.3. The zero-order valence-corrected chi connectivity index (χ0v) is 17.8. The Morgan fingerprint density at radius 2 is 1.30 bits per heavy atom. The molecule has 0 aliphatic rings. The summed E-state index contributed by atoms with van der Waals surface area (Å²) >= 11 is 12.7. The molecule has 0 atom stereocenters. The van der Waals surface area contributed by atoms with E-state index in [0.717, 1.165) is 22.3 Å². The van der Waals surface area contributed by atoms with Gasteiger partial charge in [0.2, 0.25) is 0 Å². The molecule has 0 amide bonds. The number of nitrogens with zero attached hydrogens (tertiary/aromatic N) is 1. The molecule has 0 radical (unpaired) electrons. The SMILES string of the molecule is Cc1onc(-c2c(Cl)cccc2Cl)c1C(=O)c1c(C)c(C)c(C)c(C)c1C. The number of aromatic nitrogens is 1. The highest BCUT2D eigenvalue weighted by Gasteiger charge is 2.28. The second-order valence-corrected chi connectivity index (χ2v) is 7.70. The molecule has 0 fully saturated rings. The molecular weight excluding hydrogens is 381 g/mol. The summed E-state index contributed by atoms with van der Waals surface area (Å²) in [6.45, 7) is 11.9. The maximum atomic E-state index is 13.6. The third-order valence-corrected chi connectivity index (χ3v) is 6.15. The van der Waals surface area contributed by atoms with Crippen molar-refractivity contribution < 1.29 is 9.32 Å². The normalized spacial score (nSPS) is 11.1. The highest BCUT2D eigenvalue weighted by atomic mass is 35.5. The summed E-state index contributed by atoms with van der Waals surface area (Å²) in [4.78, 5) is 13.6. The Balaban J connectivity index is 2.30. The Morgan fingerprint density at radius 3 is 1.81 bits per heavy atom. The predicted molar refractivity (Wildman–Crippen MR) is 110 cm³/mol. The molecule has 3 nitrogen and oxygen atoms in total. The number of hydrogen-bond donors (Lipinski definition) is 0. The molecule has 140 valence electrons. The molecule has 5 heteroatoms. The highest BCUT2D eigenvalue weighted by Crippen LogP contribution is 2.38. The van der Waals surface area contributed by atoms with Gasteiger partial charge < -0.3 is 4.52 Å². The van der Waals surface area contributed by atoms with Gasteiger partial charge in [-0.1, -0.05) is 34.4 Å². The Kier molecular flexibility index (Phi) is 5.20. The fourth-order valence-electron chi connectivity index (χ4n) is 3.50. The van der Waals surface area contributed by atoms with Gasteiger partial charge in [-0.05, 0) is 81.5 Å². The minimum Gasteiger partial charge on any atom is -0.360 e. The van der Waals surface area contributed by atoms with Crippen LogP contribution in [-0.2, 0) is 0 Å². The van der Waals surface area contributed by atoms with E-state index in [9.17, 15) is 4.79 Å². The lowest BCUT2D eigenvalue weighted by Crippen LogP contribution is -2.12. The first-order valence-corrected chi connectivity index (χ1v) is 9.44. The summed E-state index contributed by atoms with van der Waals surface area (Å²) in [6.07, 6.45) is 0. The topological polar surface area (TPSA) is 43.1 Å². The van der Waals surface area contributed by atoms with Crippen LogP contribution in [0, 0.1) is 41.5 Å². The van der Waals surface area contributed by atoms with Crippen molar-refractivity contribution in [2.24, 2.45) is 0 Å². The third-order valence-electron chi connectivity index (χ3n) is 5.52. The minimum atomic E-state index is -0.124. The van der Waals surface area contributed by atoms with Crippen LogP contribution in [-0.4, -0.2) is 10.9 Å². The van der Waals surface area contributed by atoms with Gasteiger partial charge >= 0.3 is 0 Å². The Labute approximate surface area is 169 Å². The smallest absolute Gasteiger partial charge is 0.199 e. The lowest BCUT2D eigenvalue weighted by molar-refractivity contribution is 0.103. The van der Waals surface area contributed by atoms with Gasteiger partial charge in [-0.15, -0.1) is 0 Å². The summed E-state index contributed by atoms with van der Waals surface area (Å²) in [5.74, 6) is 0.321. The molecule has 0 spiro atoms. The van der Waals surface area contributed by atoms with Crippen LogP contribution in [0.5, 0.6) is 0 Å². The molecule has 1 heterocycles. The Hall–Kier alpha value is -2.10. The van der Waals surface area contributed by atoms with Gasteiger partial charge in [0, 0.05) is 11.1 Å². The zero-order chi connectivity index (χ0) is 20.0. The lowest BCUT2D eigenvalue weighted by atomic mass is 9.85. The van der Waals surface area contributed by atoms with Crippen molar-refractivity contribution in [2.75, 3.05) is 0 Å². The summed E-state index contributed by atoms with van der Waals surface area (Å²) in [7, 11) is 0. The first-order chi connectivity index (χ1) is 12.7. The van der Waals surface area contributed by atoms with E-state index in [4.69, 9.17) is 27.7 Å². The number of hydrogen-bond acceptors (Lipinski definition) is 3. The number of carbonyl (C=O) groups excluding carboxylic acids is 1. The molecule has 1 aromatic heterocycles. The average molecular weight is 402 g/mol. The summed E-state index contributed by atoms with van der Waals surface area (Å²) in [6, 6.07) is 5.19. The number of halogens is 2. The van der Waals surface area contributed by atoms with Crippen LogP contribution >= 0.6 is 23.2 Å².